The highest BCUT2D eigenvalue weighted by molar-refractivity contribution is 5.88. The van der Waals surface area contributed by atoms with Gasteiger partial charge in [-0.3, -0.25) is 0 Å². The van der Waals surface area contributed by atoms with Gasteiger partial charge in [0.25, 0.3) is 0 Å². The summed E-state index contributed by atoms with van der Waals surface area (Å²) in [4.78, 5) is 14.8. The Morgan fingerprint density at radius 1 is 1.69 bits per heavy atom. The molecule has 0 spiro atoms. The molecule has 1 atom stereocenters. The molecule has 1 aromatic heterocycles. The Kier molecular flexibility index (Phi) is 3.84. The summed E-state index contributed by atoms with van der Waals surface area (Å²) in [7, 11) is 0. The molecule has 0 aliphatic rings. The van der Waals surface area contributed by atoms with Crippen LogP contribution in [-0.4, -0.2) is 22.2 Å². The van der Waals surface area contributed by atoms with E-state index in [-0.39, 0.29) is 11.4 Å². The summed E-state index contributed by atoms with van der Waals surface area (Å²) >= 11 is 0. The Bertz CT molecular complexity index is 437. The Morgan fingerprint density at radius 3 is 2.88 bits per heavy atom. The van der Waals surface area contributed by atoms with Crippen LogP contribution >= 0.6 is 0 Å². The molecule has 5 nitrogen and oxygen atoms in total. The van der Waals surface area contributed by atoms with E-state index in [1.165, 1.54) is 6.07 Å². The van der Waals surface area contributed by atoms with Crippen molar-refractivity contribution >= 4 is 5.97 Å². The van der Waals surface area contributed by atoms with Crippen LogP contribution in [0.25, 0.3) is 0 Å². The topological polar surface area (TPSA) is 83.2 Å². The van der Waals surface area contributed by atoms with Gasteiger partial charge in [0.15, 0.2) is 17.5 Å². The fraction of sp³-hybridized carbons (Fsp3) is 0.364. The summed E-state index contributed by atoms with van der Waals surface area (Å²) in [5.74, 6) is -1.03. The van der Waals surface area contributed by atoms with E-state index < -0.39 is 12.1 Å². The van der Waals surface area contributed by atoms with Crippen molar-refractivity contribution in [3.05, 3.63) is 23.5 Å². The molecule has 1 rings (SSSR count). The lowest BCUT2D eigenvalue weighted by molar-refractivity contribution is 0.0683. The summed E-state index contributed by atoms with van der Waals surface area (Å²) in [6.07, 6.45) is -0.161. The average Bonchev–Trinajstić information content (AvgIpc) is 2.27. The summed E-state index contributed by atoms with van der Waals surface area (Å²) in [5, 5.41) is 17.7. The van der Waals surface area contributed by atoms with Crippen LogP contribution in [0.3, 0.4) is 0 Å². The van der Waals surface area contributed by atoms with Gasteiger partial charge in [-0.15, -0.1) is 0 Å². The highest BCUT2D eigenvalue weighted by Crippen LogP contribution is 2.19. The summed E-state index contributed by atoms with van der Waals surface area (Å²) in [6.45, 7) is 3.48. The quantitative estimate of drug-likeness (QED) is 0.835. The summed E-state index contributed by atoms with van der Waals surface area (Å²) in [6, 6.07) is 5.10. The molecule has 16 heavy (non-hydrogen) atoms. The first kappa shape index (κ1) is 12.0. The van der Waals surface area contributed by atoms with Crippen molar-refractivity contribution in [2.45, 2.75) is 26.4 Å². The number of hydrogen-bond donors (Lipinski definition) is 1. The molecule has 0 amide bonds. The number of rotatable bonds is 4. The first-order valence-corrected chi connectivity index (χ1v) is 4.85. The number of nitrogens with zero attached hydrogens (tertiary/aromatic N) is 2. The fourth-order valence-electron chi connectivity index (χ4n) is 1.15. The monoisotopic (exact) mass is 220 g/mol. The van der Waals surface area contributed by atoms with E-state index in [0.717, 1.165) is 0 Å². The van der Waals surface area contributed by atoms with Gasteiger partial charge in [-0.05, 0) is 25.5 Å². The molecule has 0 aliphatic carbocycles. The van der Waals surface area contributed by atoms with E-state index in [0.29, 0.717) is 12.1 Å². The van der Waals surface area contributed by atoms with Crippen molar-refractivity contribution in [2.75, 3.05) is 0 Å². The molecule has 5 heteroatoms. The maximum atomic E-state index is 10.9. The zero-order chi connectivity index (χ0) is 12.1. The van der Waals surface area contributed by atoms with Gasteiger partial charge in [0.1, 0.15) is 6.07 Å². The molecule has 1 aromatic rings. The van der Waals surface area contributed by atoms with Crippen LogP contribution in [0.4, 0.5) is 0 Å². The molecule has 1 unspecified atom stereocenters. The minimum atomic E-state index is -1.16. The van der Waals surface area contributed by atoms with Gasteiger partial charge in [-0.25, -0.2) is 9.78 Å². The van der Waals surface area contributed by atoms with Gasteiger partial charge in [0.05, 0.1) is 0 Å². The van der Waals surface area contributed by atoms with Crippen LogP contribution in [0.5, 0.6) is 5.75 Å². The van der Waals surface area contributed by atoms with E-state index in [9.17, 15) is 4.79 Å². The van der Waals surface area contributed by atoms with E-state index in [4.69, 9.17) is 15.1 Å². The van der Waals surface area contributed by atoms with E-state index in [1.54, 1.807) is 19.9 Å². The maximum absolute atomic E-state index is 10.9. The van der Waals surface area contributed by atoms with Crippen LogP contribution in [0.15, 0.2) is 12.1 Å². The third-order valence-corrected chi connectivity index (χ3v) is 1.98. The molecule has 0 saturated heterocycles. The van der Waals surface area contributed by atoms with Crippen LogP contribution in [0.1, 0.15) is 29.5 Å². The maximum Gasteiger partial charge on any atom is 0.358 e. The number of aromatic nitrogens is 1. The molecule has 0 bridgehead atoms. The van der Waals surface area contributed by atoms with Crippen LogP contribution in [0.2, 0.25) is 0 Å². The van der Waals surface area contributed by atoms with Crippen molar-refractivity contribution < 1.29 is 14.6 Å². The molecule has 0 saturated carbocycles. The number of hydrogen-bond acceptors (Lipinski definition) is 4. The van der Waals surface area contributed by atoms with Gasteiger partial charge in [0, 0.05) is 5.69 Å². The second kappa shape index (κ2) is 5.12. The lowest BCUT2D eigenvalue weighted by Crippen LogP contribution is -2.15. The Hall–Kier alpha value is -2.09. The van der Waals surface area contributed by atoms with Gasteiger partial charge in [-0.2, -0.15) is 5.26 Å². The molecule has 0 fully saturated rings. The smallest absolute Gasteiger partial charge is 0.358 e. The number of aryl methyl sites for hydroxylation is 1. The number of carbonyl (C=O) groups is 1. The van der Waals surface area contributed by atoms with E-state index in [1.807, 2.05) is 6.07 Å². The summed E-state index contributed by atoms with van der Waals surface area (Å²) in [5.41, 5.74) is 0.434. The van der Waals surface area contributed by atoms with Crippen molar-refractivity contribution in [1.82, 2.24) is 4.98 Å². The predicted octanol–water partition coefficient (Wildman–Crippen LogP) is 1.77. The Balaban J connectivity index is 3.04. The first-order valence-electron chi connectivity index (χ1n) is 4.85. The minimum Gasteiger partial charge on any atom is -0.476 e. The highest BCUT2D eigenvalue weighted by Gasteiger charge is 2.16. The molecular formula is C11H12N2O3. The number of carboxylic acid groups (broad SMARTS) is 1. The first-order chi connectivity index (χ1) is 7.58. The largest absolute Gasteiger partial charge is 0.476 e. The third kappa shape index (κ3) is 2.70. The highest BCUT2D eigenvalue weighted by atomic mass is 16.5. The second-order valence-corrected chi connectivity index (χ2v) is 3.25. The van der Waals surface area contributed by atoms with Gasteiger partial charge in [-0.1, -0.05) is 6.92 Å². The van der Waals surface area contributed by atoms with Gasteiger partial charge < -0.3 is 9.84 Å². The molecular weight excluding hydrogens is 208 g/mol. The van der Waals surface area contributed by atoms with Gasteiger partial charge in [0.2, 0.25) is 0 Å². The average molecular weight is 220 g/mol. The SMILES string of the molecule is CCC(C#N)Oc1ccc(C)nc1C(=O)O. The predicted molar refractivity (Wildman–Crippen MR) is 56.3 cm³/mol. The molecule has 0 radical (unpaired) electrons. The lowest BCUT2D eigenvalue weighted by atomic mass is 10.2. The van der Waals surface area contributed by atoms with E-state index in [2.05, 4.69) is 4.98 Å². The number of carboxylic acids is 1. The number of aromatic carboxylic acids is 1. The number of ether oxygens (including phenoxy) is 1. The van der Waals surface area contributed by atoms with Gasteiger partial charge >= 0.3 is 5.97 Å². The molecule has 0 aromatic carbocycles. The van der Waals surface area contributed by atoms with Crippen molar-refractivity contribution in [1.29, 1.82) is 5.26 Å². The van der Waals surface area contributed by atoms with E-state index >= 15 is 0 Å². The molecule has 84 valence electrons. The Labute approximate surface area is 93.3 Å². The van der Waals surface area contributed by atoms with Crippen LogP contribution < -0.4 is 4.74 Å². The zero-order valence-electron chi connectivity index (χ0n) is 9.10. The second-order valence-electron chi connectivity index (χ2n) is 3.25. The molecule has 0 aliphatic heterocycles. The van der Waals surface area contributed by atoms with Crippen LogP contribution in [-0.2, 0) is 0 Å². The normalized spacial score (nSPS) is 11.6. The lowest BCUT2D eigenvalue weighted by Gasteiger charge is -2.12. The number of pyridine rings is 1. The van der Waals surface area contributed by atoms with Crippen molar-refractivity contribution in [2.24, 2.45) is 0 Å². The zero-order valence-corrected chi connectivity index (χ0v) is 9.10. The minimum absolute atomic E-state index is 0.131. The molecule has 1 heterocycles. The fourth-order valence-corrected chi connectivity index (χ4v) is 1.15. The third-order valence-electron chi connectivity index (χ3n) is 1.98. The van der Waals surface area contributed by atoms with Crippen molar-refractivity contribution in [3.8, 4) is 11.8 Å². The summed E-state index contributed by atoms with van der Waals surface area (Å²) < 4.78 is 5.26. The molecule has 1 N–H and O–H groups in total. The number of nitriles is 1. The Morgan fingerprint density at radius 2 is 2.38 bits per heavy atom. The standard InChI is InChI=1S/C11H12N2O3/c1-3-8(6-12)16-9-5-4-7(2)13-10(9)11(14)15/h4-5,8H,3H2,1-2H3,(H,14,15). The van der Waals surface area contributed by atoms with Crippen LogP contribution in [0, 0.1) is 18.3 Å². The van der Waals surface area contributed by atoms with Crippen molar-refractivity contribution in [3.63, 3.8) is 0 Å².